The van der Waals surface area contributed by atoms with Crippen molar-refractivity contribution in [1.29, 1.82) is 0 Å². The number of nitrogens with zero attached hydrogens (tertiary/aromatic N) is 3. The lowest BCUT2D eigenvalue weighted by molar-refractivity contribution is 0.0612. The summed E-state index contributed by atoms with van der Waals surface area (Å²) in [4.78, 5) is 16.0. The Kier molecular flexibility index (Phi) is 4.61. The number of hydrogen-bond donors (Lipinski definition) is 1. The van der Waals surface area contributed by atoms with Gasteiger partial charge in [0.2, 0.25) is 0 Å². The summed E-state index contributed by atoms with van der Waals surface area (Å²) in [7, 11) is 3.63. The Morgan fingerprint density at radius 1 is 1.47 bits per heavy atom. The van der Waals surface area contributed by atoms with Crippen LogP contribution in [0.2, 0.25) is 0 Å². The first-order valence-electron chi connectivity index (χ1n) is 6.84. The van der Waals surface area contributed by atoms with Crippen LogP contribution in [0.4, 0.5) is 0 Å². The van der Waals surface area contributed by atoms with Gasteiger partial charge < -0.3 is 19.5 Å². The average molecular weight is 265 g/mol. The zero-order chi connectivity index (χ0) is 13.8. The van der Waals surface area contributed by atoms with Crippen LogP contribution in [0.1, 0.15) is 23.2 Å². The lowest BCUT2D eigenvalue weighted by Gasteiger charge is -2.24. The Labute approximate surface area is 114 Å². The highest BCUT2D eigenvalue weighted by Gasteiger charge is 2.19. The summed E-state index contributed by atoms with van der Waals surface area (Å²) in [5.41, 5.74) is 0.665. The number of carbonyl (C=O) groups excluding carboxylic acids is 1. The largest absolute Gasteiger partial charge is 0.390 e. The molecule has 1 aromatic heterocycles. The highest BCUT2D eigenvalue weighted by molar-refractivity contribution is 5.93. The van der Waals surface area contributed by atoms with Gasteiger partial charge in [-0.25, -0.2) is 0 Å². The predicted molar refractivity (Wildman–Crippen MR) is 74.1 cm³/mol. The lowest BCUT2D eigenvalue weighted by Crippen LogP contribution is -2.40. The third-order valence-corrected chi connectivity index (χ3v) is 3.58. The third-order valence-electron chi connectivity index (χ3n) is 3.58. The Bertz CT molecular complexity index is 424. The maximum atomic E-state index is 12.1. The van der Waals surface area contributed by atoms with Crippen molar-refractivity contribution in [2.24, 2.45) is 7.05 Å². The molecule has 1 atom stereocenters. The number of amides is 1. The number of aryl methyl sites for hydroxylation is 1. The Morgan fingerprint density at radius 2 is 2.16 bits per heavy atom. The SMILES string of the molecule is CN(CC(O)CN1CCCC1)C(=O)c1ccn(C)c1. The molecule has 1 fully saturated rings. The third kappa shape index (κ3) is 3.81. The van der Waals surface area contributed by atoms with E-state index < -0.39 is 6.10 Å². The number of aliphatic hydroxyl groups excluding tert-OH is 1. The molecule has 0 saturated carbocycles. The maximum absolute atomic E-state index is 12.1. The number of rotatable bonds is 5. The molecule has 5 nitrogen and oxygen atoms in total. The number of carbonyl (C=O) groups is 1. The van der Waals surface area contributed by atoms with E-state index >= 15 is 0 Å². The van der Waals surface area contributed by atoms with Gasteiger partial charge >= 0.3 is 0 Å². The molecule has 1 unspecified atom stereocenters. The lowest BCUT2D eigenvalue weighted by atomic mass is 10.2. The van der Waals surface area contributed by atoms with Gasteiger partial charge in [0, 0.05) is 39.6 Å². The van der Waals surface area contributed by atoms with Crippen LogP contribution in [0.3, 0.4) is 0 Å². The predicted octanol–water partition coefficient (Wildman–Crippen LogP) is 0.554. The molecule has 1 aromatic rings. The van der Waals surface area contributed by atoms with Crippen molar-refractivity contribution in [3.63, 3.8) is 0 Å². The molecule has 1 amide bonds. The number of aliphatic hydroxyl groups is 1. The molecule has 1 aliphatic rings. The quantitative estimate of drug-likeness (QED) is 0.846. The molecule has 2 heterocycles. The van der Waals surface area contributed by atoms with Crippen molar-refractivity contribution in [2.45, 2.75) is 18.9 Å². The molecule has 0 aliphatic carbocycles. The second-order valence-corrected chi connectivity index (χ2v) is 5.41. The van der Waals surface area contributed by atoms with E-state index in [0.29, 0.717) is 18.7 Å². The van der Waals surface area contributed by atoms with Gasteiger partial charge in [-0.05, 0) is 32.0 Å². The van der Waals surface area contributed by atoms with E-state index in [0.717, 1.165) is 13.1 Å². The molecule has 5 heteroatoms. The Hall–Kier alpha value is -1.33. The van der Waals surface area contributed by atoms with Gasteiger partial charge in [-0.1, -0.05) is 0 Å². The van der Waals surface area contributed by atoms with E-state index in [2.05, 4.69) is 4.90 Å². The first-order chi connectivity index (χ1) is 9.06. The number of aromatic nitrogens is 1. The molecule has 0 radical (unpaired) electrons. The minimum absolute atomic E-state index is 0.0407. The summed E-state index contributed by atoms with van der Waals surface area (Å²) in [6.07, 6.45) is 5.60. The topological polar surface area (TPSA) is 48.7 Å². The summed E-state index contributed by atoms with van der Waals surface area (Å²) in [6.45, 7) is 3.16. The number of hydrogen-bond acceptors (Lipinski definition) is 3. The van der Waals surface area contributed by atoms with Gasteiger partial charge in [-0.15, -0.1) is 0 Å². The van der Waals surface area contributed by atoms with Crippen LogP contribution in [0, 0.1) is 0 Å². The molecule has 1 saturated heterocycles. The number of β-amino-alcohol motifs (C(OH)–C–C–N with tert-alkyl or cyclic N) is 1. The summed E-state index contributed by atoms with van der Waals surface area (Å²) < 4.78 is 1.85. The van der Waals surface area contributed by atoms with Crippen LogP contribution in [0.5, 0.6) is 0 Å². The van der Waals surface area contributed by atoms with E-state index in [4.69, 9.17) is 0 Å². The standard InChI is InChI=1S/C14H23N3O2/c1-15-8-5-12(9-15)14(19)16(2)10-13(18)11-17-6-3-4-7-17/h5,8-9,13,18H,3-4,6-7,10-11H2,1-2H3. The van der Waals surface area contributed by atoms with Crippen molar-refractivity contribution in [3.8, 4) is 0 Å². The molecule has 2 rings (SSSR count). The van der Waals surface area contributed by atoms with Crippen LogP contribution in [0.15, 0.2) is 18.5 Å². The summed E-state index contributed by atoms with van der Waals surface area (Å²) in [5.74, 6) is -0.0407. The monoisotopic (exact) mass is 265 g/mol. The maximum Gasteiger partial charge on any atom is 0.255 e. The molecule has 0 bridgehead atoms. The molecule has 19 heavy (non-hydrogen) atoms. The van der Waals surface area contributed by atoms with Crippen LogP contribution < -0.4 is 0 Å². The minimum Gasteiger partial charge on any atom is -0.390 e. The van der Waals surface area contributed by atoms with Gasteiger partial charge in [0.15, 0.2) is 0 Å². The smallest absolute Gasteiger partial charge is 0.255 e. The number of likely N-dealkylation sites (N-methyl/N-ethyl adjacent to an activating group) is 1. The van der Waals surface area contributed by atoms with E-state index in [1.807, 2.05) is 17.8 Å². The van der Waals surface area contributed by atoms with Crippen molar-refractivity contribution in [2.75, 3.05) is 33.2 Å². The first-order valence-corrected chi connectivity index (χ1v) is 6.84. The highest BCUT2D eigenvalue weighted by Crippen LogP contribution is 2.09. The van der Waals surface area contributed by atoms with E-state index in [9.17, 15) is 9.90 Å². The Balaban J connectivity index is 1.82. The fourth-order valence-corrected chi connectivity index (χ4v) is 2.57. The molecule has 106 valence electrons. The van der Waals surface area contributed by atoms with Gasteiger partial charge in [-0.3, -0.25) is 4.79 Å². The van der Waals surface area contributed by atoms with Crippen molar-refractivity contribution in [1.82, 2.24) is 14.4 Å². The van der Waals surface area contributed by atoms with Gasteiger partial charge in [-0.2, -0.15) is 0 Å². The van der Waals surface area contributed by atoms with Crippen molar-refractivity contribution in [3.05, 3.63) is 24.0 Å². The van der Waals surface area contributed by atoms with E-state index in [1.165, 1.54) is 12.8 Å². The summed E-state index contributed by atoms with van der Waals surface area (Å²) in [6, 6.07) is 1.80. The summed E-state index contributed by atoms with van der Waals surface area (Å²) in [5, 5.41) is 10.0. The van der Waals surface area contributed by atoms with Crippen LogP contribution in [-0.4, -0.2) is 64.7 Å². The fourth-order valence-electron chi connectivity index (χ4n) is 2.57. The second kappa shape index (κ2) is 6.21. The highest BCUT2D eigenvalue weighted by atomic mass is 16.3. The normalized spacial score (nSPS) is 17.6. The van der Waals surface area contributed by atoms with E-state index in [1.54, 1.807) is 24.2 Å². The van der Waals surface area contributed by atoms with Gasteiger partial charge in [0.05, 0.1) is 11.7 Å². The zero-order valence-electron chi connectivity index (χ0n) is 11.7. The molecule has 1 N–H and O–H groups in total. The first kappa shape index (κ1) is 14.1. The van der Waals surface area contributed by atoms with Crippen molar-refractivity contribution >= 4 is 5.91 Å². The van der Waals surface area contributed by atoms with Crippen molar-refractivity contribution < 1.29 is 9.90 Å². The van der Waals surface area contributed by atoms with Crippen LogP contribution in [-0.2, 0) is 7.05 Å². The molecular weight excluding hydrogens is 242 g/mol. The molecular formula is C14H23N3O2. The number of likely N-dealkylation sites (tertiary alicyclic amines) is 1. The zero-order valence-corrected chi connectivity index (χ0v) is 11.7. The fraction of sp³-hybridized carbons (Fsp3) is 0.643. The van der Waals surface area contributed by atoms with Crippen LogP contribution in [0.25, 0.3) is 0 Å². The molecule has 0 aromatic carbocycles. The molecule has 1 aliphatic heterocycles. The minimum atomic E-state index is -0.476. The Morgan fingerprint density at radius 3 is 2.74 bits per heavy atom. The second-order valence-electron chi connectivity index (χ2n) is 5.41. The van der Waals surface area contributed by atoms with Gasteiger partial charge in [0.1, 0.15) is 0 Å². The summed E-state index contributed by atoms with van der Waals surface area (Å²) >= 11 is 0. The molecule has 0 spiro atoms. The average Bonchev–Trinajstić information content (AvgIpc) is 2.99. The van der Waals surface area contributed by atoms with Gasteiger partial charge in [0.25, 0.3) is 5.91 Å². The van der Waals surface area contributed by atoms with Crippen LogP contribution >= 0.6 is 0 Å². The van der Waals surface area contributed by atoms with E-state index in [-0.39, 0.29) is 5.91 Å².